The van der Waals surface area contributed by atoms with Gasteiger partial charge < -0.3 is 4.98 Å². The molecule has 0 atom stereocenters. The molecule has 2 nitrogen and oxygen atoms in total. The Hall–Kier alpha value is -1.56. The maximum Gasteiger partial charge on any atom is 0.418 e. The van der Waals surface area contributed by atoms with Crippen LogP contribution in [0.2, 0.25) is 0 Å². The third kappa shape index (κ3) is 2.12. The van der Waals surface area contributed by atoms with Crippen LogP contribution in [0, 0.1) is 11.7 Å². The van der Waals surface area contributed by atoms with Crippen LogP contribution in [-0.4, -0.2) is 9.55 Å². The molecule has 2 aromatic rings. The molecule has 0 bridgehead atoms. The van der Waals surface area contributed by atoms with Crippen LogP contribution in [0.4, 0.5) is 13.2 Å². The fourth-order valence-electron chi connectivity index (χ4n) is 1.66. The quantitative estimate of drug-likeness (QED) is 0.770. The minimum absolute atomic E-state index is 0.0451. The molecule has 1 N–H and O–H groups in total. The second-order valence-electron chi connectivity index (χ2n) is 3.59. The van der Waals surface area contributed by atoms with Gasteiger partial charge in [0, 0.05) is 11.9 Å². The molecule has 0 saturated heterocycles. The zero-order valence-corrected chi connectivity index (χ0v) is 9.69. The topological polar surface area (TPSA) is 20.7 Å². The smallest absolute Gasteiger partial charge is 0.337 e. The number of aromatic nitrogens is 2. The first-order valence-electron chi connectivity index (χ1n) is 4.85. The van der Waals surface area contributed by atoms with Crippen molar-refractivity contribution in [2.75, 3.05) is 0 Å². The number of nitrogens with zero attached hydrogens (tertiary/aromatic N) is 1. The van der Waals surface area contributed by atoms with Crippen LogP contribution in [0.15, 0.2) is 30.5 Å². The van der Waals surface area contributed by atoms with Gasteiger partial charge in [-0.1, -0.05) is 12.1 Å². The number of alkyl halides is 3. The van der Waals surface area contributed by atoms with Gasteiger partial charge in [-0.2, -0.15) is 13.2 Å². The van der Waals surface area contributed by atoms with Crippen molar-refractivity contribution in [1.29, 1.82) is 0 Å². The highest BCUT2D eigenvalue weighted by Crippen LogP contribution is 2.34. The number of halogens is 3. The van der Waals surface area contributed by atoms with E-state index in [2.05, 4.69) is 4.98 Å². The van der Waals surface area contributed by atoms with Gasteiger partial charge in [-0.3, -0.25) is 4.57 Å². The summed E-state index contributed by atoms with van der Waals surface area (Å²) < 4.78 is 40.2. The van der Waals surface area contributed by atoms with Crippen molar-refractivity contribution in [2.45, 2.75) is 13.1 Å². The number of aryl methyl sites for hydroxylation is 1. The van der Waals surface area contributed by atoms with E-state index in [1.54, 1.807) is 19.2 Å². The van der Waals surface area contributed by atoms with Gasteiger partial charge >= 0.3 is 6.18 Å². The van der Waals surface area contributed by atoms with E-state index in [1.807, 2.05) is 0 Å². The lowest BCUT2D eigenvalue weighted by atomic mass is 10.1. The highest BCUT2D eigenvalue weighted by molar-refractivity contribution is 7.71. The molecular formula is C11H9F3N2S. The van der Waals surface area contributed by atoms with E-state index in [-0.39, 0.29) is 10.5 Å². The number of rotatable bonds is 1. The van der Waals surface area contributed by atoms with Crippen LogP contribution in [0.3, 0.4) is 0 Å². The second kappa shape index (κ2) is 4.03. The maximum atomic E-state index is 12.8. The molecule has 0 aliphatic heterocycles. The van der Waals surface area contributed by atoms with E-state index < -0.39 is 11.7 Å². The van der Waals surface area contributed by atoms with Gasteiger partial charge in [0.2, 0.25) is 0 Å². The summed E-state index contributed by atoms with van der Waals surface area (Å²) in [6.07, 6.45) is -2.81. The third-order valence-electron chi connectivity index (χ3n) is 2.41. The van der Waals surface area contributed by atoms with Crippen molar-refractivity contribution >= 4 is 12.2 Å². The molecule has 1 aromatic heterocycles. The summed E-state index contributed by atoms with van der Waals surface area (Å²) in [5.74, 6) is 0. The van der Waals surface area contributed by atoms with Crippen LogP contribution in [0.1, 0.15) is 11.3 Å². The van der Waals surface area contributed by atoms with Crippen molar-refractivity contribution in [1.82, 2.24) is 9.55 Å². The number of nitrogens with one attached hydrogen (secondary N) is 1. The molecule has 0 fully saturated rings. The minimum Gasteiger partial charge on any atom is -0.337 e. The molecule has 0 unspecified atom stereocenters. The number of H-pyrrole nitrogens is 1. The van der Waals surface area contributed by atoms with Gasteiger partial charge in [-0.05, 0) is 31.3 Å². The SMILES string of the molecule is Cc1c[nH]c(=S)n1-c1ccccc1C(F)(F)F. The molecule has 0 saturated carbocycles. The van der Waals surface area contributed by atoms with Gasteiger partial charge in [0.25, 0.3) is 0 Å². The second-order valence-corrected chi connectivity index (χ2v) is 3.97. The standard InChI is InChI=1S/C11H9F3N2S/c1-7-6-15-10(17)16(7)9-5-3-2-4-8(9)11(12,13)14/h2-6H,1H3,(H,15,17). The summed E-state index contributed by atoms with van der Waals surface area (Å²) in [6, 6.07) is 5.36. The molecule has 6 heteroatoms. The lowest BCUT2D eigenvalue weighted by Gasteiger charge is -2.14. The number of para-hydroxylation sites is 1. The van der Waals surface area contributed by atoms with E-state index in [4.69, 9.17) is 12.2 Å². The minimum atomic E-state index is -4.39. The first-order chi connectivity index (χ1) is 7.91. The van der Waals surface area contributed by atoms with Crippen molar-refractivity contribution in [3.63, 3.8) is 0 Å². The maximum absolute atomic E-state index is 12.8. The highest BCUT2D eigenvalue weighted by Gasteiger charge is 2.33. The number of aromatic amines is 1. The molecule has 17 heavy (non-hydrogen) atoms. The molecule has 0 radical (unpaired) electrons. The Balaban J connectivity index is 2.73. The predicted octanol–water partition coefficient (Wildman–Crippen LogP) is 3.86. The van der Waals surface area contributed by atoms with E-state index >= 15 is 0 Å². The van der Waals surface area contributed by atoms with E-state index in [9.17, 15) is 13.2 Å². The third-order valence-corrected chi connectivity index (χ3v) is 2.71. The Morgan fingerprint density at radius 1 is 1.24 bits per heavy atom. The van der Waals surface area contributed by atoms with Gasteiger partial charge in [0.05, 0.1) is 11.3 Å². The lowest BCUT2D eigenvalue weighted by Crippen LogP contribution is -2.11. The van der Waals surface area contributed by atoms with Crippen molar-refractivity contribution in [2.24, 2.45) is 0 Å². The summed E-state index contributed by atoms with van der Waals surface area (Å²) in [4.78, 5) is 2.72. The Bertz CT molecular complexity index is 595. The summed E-state index contributed by atoms with van der Waals surface area (Å²) >= 11 is 4.98. The first kappa shape index (κ1) is 11.9. The molecule has 90 valence electrons. The Morgan fingerprint density at radius 2 is 1.88 bits per heavy atom. The first-order valence-corrected chi connectivity index (χ1v) is 5.25. The molecule has 1 heterocycles. The fourth-order valence-corrected chi connectivity index (χ4v) is 1.96. The molecule has 2 rings (SSSR count). The number of benzene rings is 1. The van der Waals surface area contributed by atoms with Crippen LogP contribution >= 0.6 is 12.2 Å². The van der Waals surface area contributed by atoms with Crippen LogP contribution in [0.5, 0.6) is 0 Å². The number of imidazole rings is 1. The largest absolute Gasteiger partial charge is 0.418 e. The predicted molar refractivity (Wildman–Crippen MR) is 60.7 cm³/mol. The molecule has 0 aliphatic rings. The fraction of sp³-hybridized carbons (Fsp3) is 0.182. The Labute approximate surface area is 101 Å². The zero-order valence-electron chi connectivity index (χ0n) is 8.88. The van der Waals surface area contributed by atoms with Crippen molar-refractivity contribution in [3.05, 3.63) is 46.5 Å². The monoisotopic (exact) mass is 258 g/mol. The number of hydrogen-bond acceptors (Lipinski definition) is 1. The average molecular weight is 258 g/mol. The van der Waals surface area contributed by atoms with E-state index in [1.165, 1.54) is 16.7 Å². The molecular weight excluding hydrogens is 249 g/mol. The summed E-state index contributed by atoms with van der Waals surface area (Å²) in [5.41, 5.74) is -0.0192. The molecule has 0 aliphatic carbocycles. The van der Waals surface area contributed by atoms with Gasteiger partial charge in [-0.15, -0.1) is 0 Å². The van der Waals surface area contributed by atoms with Crippen LogP contribution in [0.25, 0.3) is 5.69 Å². The van der Waals surface area contributed by atoms with Gasteiger partial charge in [0.15, 0.2) is 4.77 Å². The van der Waals surface area contributed by atoms with Crippen molar-refractivity contribution in [3.8, 4) is 5.69 Å². The normalized spacial score (nSPS) is 11.8. The van der Waals surface area contributed by atoms with E-state index in [0.717, 1.165) is 6.07 Å². The van der Waals surface area contributed by atoms with Crippen molar-refractivity contribution < 1.29 is 13.2 Å². The summed E-state index contributed by atoms with van der Waals surface area (Å²) in [7, 11) is 0. The van der Waals surface area contributed by atoms with E-state index in [0.29, 0.717) is 5.69 Å². The Kier molecular flexibility index (Phi) is 2.82. The van der Waals surface area contributed by atoms with Gasteiger partial charge in [-0.25, -0.2) is 0 Å². The van der Waals surface area contributed by atoms with Crippen LogP contribution in [-0.2, 0) is 6.18 Å². The molecule has 0 spiro atoms. The molecule has 0 amide bonds. The molecule has 1 aromatic carbocycles. The summed E-state index contributed by atoms with van der Waals surface area (Å²) in [5, 5.41) is 0. The number of hydrogen-bond donors (Lipinski definition) is 1. The lowest BCUT2D eigenvalue weighted by molar-refractivity contribution is -0.137. The Morgan fingerprint density at radius 3 is 2.41 bits per heavy atom. The van der Waals surface area contributed by atoms with Crippen LogP contribution < -0.4 is 0 Å². The average Bonchev–Trinajstić information content (AvgIpc) is 2.57. The highest BCUT2D eigenvalue weighted by atomic mass is 32.1. The van der Waals surface area contributed by atoms with Gasteiger partial charge in [0.1, 0.15) is 0 Å². The zero-order chi connectivity index (χ0) is 12.6. The summed E-state index contributed by atoms with van der Waals surface area (Å²) in [6.45, 7) is 1.69.